The number of hydrogen-bond acceptors (Lipinski definition) is 4. The van der Waals surface area contributed by atoms with E-state index in [2.05, 4.69) is 10.3 Å². The average molecular weight is 409 g/mol. The van der Waals surface area contributed by atoms with E-state index in [-0.39, 0.29) is 30.1 Å². The van der Waals surface area contributed by atoms with E-state index in [0.717, 1.165) is 5.56 Å². The second-order valence-corrected chi connectivity index (χ2v) is 8.68. The van der Waals surface area contributed by atoms with E-state index in [0.29, 0.717) is 18.1 Å². The molecule has 1 aromatic heterocycles. The summed E-state index contributed by atoms with van der Waals surface area (Å²) in [6.07, 6.45) is 3.39. The number of sulfonamides is 1. The van der Waals surface area contributed by atoms with E-state index < -0.39 is 10.0 Å². The van der Waals surface area contributed by atoms with E-state index in [1.807, 2.05) is 19.1 Å². The highest BCUT2D eigenvalue weighted by molar-refractivity contribution is 7.89. The van der Waals surface area contributed by atoms with Gasteiger partial charge in [0.15, 0.2) is 0 Å². The molecule has 0 saturated carbocycles. The first-order valence-electron chi connectivity index (χ1n) is 8.59. The normalized spacial score (nSPS) is 16.7. The predicted octanol–water partition coefficient (Wildman–Crippen LogP) is 2.51. The van der Waals surface area contributed by atoms with Crippen molar-refractivity contribution in [2.24, 2.45) is 0 Å². The number of piperazine rings is 1. The van der Waals surface area contributed by atoms with Gasteiger partial charge in [0.2, 0.25) is 10.0 Å². The average Bonchev–Trinajstić information content (AvgIpc) is 2.68. The summed E-state index contributed by atoms with van der Waals surface area (Å²) in [4.78, 5) is 18.3. The van der Waals surface area contributed by atoms with Crippen LogP contribution in [0.2, 0.25) is 5.02 Å². The van der Waals surface area contributed by atoms with Gasteiger partial charge < -0.3 is 10.2 Å². The third-order valence-electron chi connectivity index (χ3n) is 4.48. The maximum atomic E-state index is 12.7. The molecule has 2 amide bonds. The fourth-order valence-corrected chi connectivity index (χ4v) is 4.62. The molecule has 7 nitrogen and oxygen atoms in total. The summed E-state index contributed by atoms with van der Waals surface area (Å²) in [6.45, 7) is 3.01. The minimum absolute atomic E-state index is 0.165. The number of urea groups is 1. The van der Waals surface area contributed by atoms with Gasteiger partial charge in [-0.15, -0.1) is 0 Å². The number of halogens is 1. The molecule has 1 unspecified atom stereocenters. The highest BCUT2D eigenvalue weighted by atomic mass is 35.5. The molecule has 1 fully saturated rings. The summed E-state index contributed by atoms with van der Waals surface area (Å²) in [5, 5.41) is 3.29. The molecule has 9 heteroatoms. The molecular formula is C18H21ClN4O3S. The van der Waals surface area contributed by atoms with Gasteiger partial charge in [0.25, 0.3) is 0 Å². The molecule has 2 aromatic rings. The number of nitrogens with one attached hydrogen (secondary N) is 1. The molecule has 27 heavy (non-hydrogen) atoms. The number of pyridine rings is 1. The van der Waals surface area contributed by atoms with Gasteiger partial charge in [0, 0.05) is 43.6 Å². The molecule has 0 spiro atoms. The lowest BCUT2D eigenvalue weighted by molar-refractivity contribution is 0.169. The third kappa shape index (κ3) is 4.58. The number of nitrogens with zero attached hydrogens (tertiary/aromatic N) is 3. The lowest BCUT2D eigenvalue weighted by atomic mass is 10.1. The SMILES string of the molecule is CC(NC(=O)N1CCN(S(=O)(=O)c2cccc(Cl)c2)CC1)c1cccnc1. The first-order valence-corrected chi connectivity index (χ1v) is 10.4. The zero-order valence-corrected chi connectivity index (χ0v) is 16.4. The van der Waals surface area contributed by atoms with Crippen LogP contribution in [-0.4, -0.2) is 54.8 Å². The first-order chi connectivity index (χ1) is 12.9. The molecule has 1 aliphatic heterocycles. The van der Waals surface area contributed by atoms with Crippen LogP contribution in [-0.2, 0) is 10.0 Å². The molecule has 1 atom stereocenters. The van der Waals surface area contributed by atoms with Crippen LogP contribution in [0.5, 0.6) is 0 Å². The number of amides is 2. The Labute approximate surface area is 164 Å². The number of carbonyl (C=O) groups excluding carboxylic acids is 1. The van der Waals surface area contributed by atoms with Crippen molar-refractivity contribution in [1.82, 2.24) is 19.5 Å². The largest absolute Gasteiger partial charge is 0.331 e. The molecule has 0 aliphatic carbocycles. The first kappa shape index (κ1) is 19.6. The Kier molecular flexibility index (Phi) is 5.98. The van der Waals surface area contributed by atoms with Gasteiger partial charge in [-0.1, -0.05) is 23.7 Å². The molecule has 1 aliphatic rings. The van der Waals surface area contributed by atoms with Crippen molar-refractivity contribution in [3.05, 3.63) is 59.4 Å². The standard InChI is InChI=1S/C18H21ClN4O3S/c1-14(15-4-3-7-20-13-15)21-18(24)22-8-10-23(11-9-22)27(25,26)17-6-2-5-16(19)12-17/h2-7,12-14H,8-11H2,1H3,(H,21,24). The second kappa shape index (κ2) is 8.24. The van der Waals surface area contributed by atoms with E-state index >= 15 is 0 Å². The van der Waals surface area contributed by atoms with Crippen LogP contribution in [0.3, 0.4) is 0 Å². The summed E-state index contributed by atoms with van der Waals surface area (Å²) in [7, 11) is -3.62. The smallest absolute Gasteiger partial charge is 0.317 e. The lowest BCUT2D eigenvalue weighted by Gasteiger charge is -2.34. The van der Waals surface area contributed by atoms with Gasteiger partial charge in [0.05, 0.1) is 10.9 Å². The van der Waals surface area contributed by atoms with Crippen molar-refractivity contribution in [2.75, 3.05) is 26.2 Å². The van der Waals surface area contributed by atoms with Crippen LogP contribution in [0.25, 0.3) is 0 Å². The Morgan fingerprint density at radius 1 is 1.19 bits per heavy atom. The maximum absolute atomic E-state index is 12.7. The fraction of sp³-hybridized carbons (Fsp3) is 0.333. The number of hydrogen-bond donors (Lipinski definition) is 1. The van der Waals surface area contributed by atoms with Gasteiger partial charge in [-0.3, -0.25) is 4.98 Å². The molecule has 2 heterocycles. The Morgan fingerprint density at radius 3 is 2.56 bits per heavy atom. The molecule has 144 valence electrons. The minimum atomic E-state index is -3.62. The molecular weight excluding hydrogens is 388 g/mol. The van der Waals surface area contributed by atoms with Gasteiger partial charge in [-0.05, 0) is 36.8 Å². The van der Waals surface area contributed by atoms with E-state index in [1.54, 1.807) is 29.4 Å². The van der Waals surface area contributed by atoms with Crippen molar-refractivity contribution >= 4 is 27.7 Å². The van der Waals surface area contributed by atoms with Crippen molar-refractivity contribution in [3.63, 3.8) is 0 Å². The topological polar surface area (TPSA) is 82.6 Å². The molecule has 1 saturated heterocycles. The zero-order chi connectivity index (χ0) is 19.4. The third-order valence-corrected chi connectivity index (χ3v) is 6.61. The van der Waals surface area contributed by atoms with E-state index in [1.165, 1.54) is 16.4 Å². The molecule has 1 aromatic carbocycles. The van der Waals surface area contributed by atoms with Crippen molar-refractivity contribution in [3.8, 4) is 0 Å². The molecule has 0 bridgehead atoms. The molecule has 3 rings (SSSR count). The Morgan fingerprint density at radius 2 is 1.93 bits per heavy atom. The van der Waals surface area contributed by atoms with Gasteiger partial charge in [-0.25, -0.2) is 13.2 Å². The minimum Gasteiger partial charge on any atom is -0.331 e. The van der Waals surface area contributed by atoms with Crippen LogP contribution in [0, 0.1) is 0 Å². The zero-order valence-electron chi connectivity index (χ0n) is 14.9. The summed E-state index contributed by atoms with van der Waals surface area (Å²) in [5.41, 5.74) is 0.910. The second-order valence-electron chi connectivity index (χ2n) is 6.31. The van der Waals surface area contributed by atoms with Crippen LogP contribution >= 0.6 is 11.6 Å². The fourth-order valence-electron chi connectivity index (χ4n) is 2.90. The van der Waals surface area contributed by atoms with Crippen LogP contribution in [0.4, 0.5) is 4.79 Å². The summed E-state index contributed by atoms with van der Waals surface area (Å²) in [6, 6.07) is 9.52. The summed E-state index contributed by atoms with van der Waals surface area (Å²) < 4.78 is 26.8. The van der Waals surface area contributed by atoms with Crippen LogP contribution in [0.1, 0.15) is 18.5 Å². The maximum Gasteiger partial charge on any atom is 0.317 e. The highest BCUT2D eigenvalue weighted by Crippen LogP contribution is 2.21. The monoisotopic (exact) mass is 408 g/mol. The van der Waals surface area contributed by atoms with Crippen molar-refractivity contribution < 1.29 is 13.2 Å². The van der Waals surface area contributed by atoms with Crippen LogP contribution in [0.15, 0.2) is 53.7 Å². The Balaban J connectivity index is 1.59. The van der Waals surface area contributed by atoms with E-state index in [4.69, 9.17) is 11.6 Å². The Bertz CT molecular complexity index is 900. The van der Waals surface area contributed by atoms with Crippen LogP contribution < -0.4 is 5.32 Å². The predicted molar refractivity (Wildman–Crippen MR) is 103 cm³/mol. The lowest BCUT2D eigenvalue weighted by Crippen LogP contribution is -2.53. The molecule has 1 N–H and O–H groups in total. The van der Waals surface area contributed by atoms with Crippen molar-refractivity contribution in [1.29, 1.82) is 0 Å². The van der Waals surface area contributed by atoms with E-state index in [9.17, 15) is 13.2 Å². The van der Waals surface area contributed by atoms with Gasteiger partial charge in [-0.2, -0.15) is 4.31 Å². The highest BCUT2D eigenvalue weighted by Gasteiger charge is 2.30. The number of rotatable bonds is 4. The number of carbonyl (C=O) groups is 1. The Hall–Kier alpha value is -2.16. The quantitative estimate of drug-likeness (QED) is 0.842. The number of aromatic nitrogens is 1. The van der Waals surface area contributed by atoms with Crippen molar-refractivity contribution in [2.45, 2.75) is 17.9 Å². The van der Waals surface area contributed by atoms with Gasteiger partial charge in [0.1, 0.15) is 0 Å². The number of benzene rings is 1. The summed E-state index contributed by atoms with van der Waals surface area (Å²) in [5.74, 6) is 0. The molecule has 0 radical (unpaired) electrons. The van der Waals surface area contributed by atoms with Gasteiger partial charge >= 0.3 is 6.03 Å². The summed E-state index contributed by atoms with van der Waals surface area (Å²) >= 11 is 5.90.